The minimum atomic E-state index is -5.08. The number of carboxylic acid groups (broad SMARTS) is 1. The van der Waals surface area contributed by atoms with Gasteiger partial charge in [0.15, 0.2) is 0 Å². The minimum absolute atomic E-state index is 0.0380. The van der Waals surface area contributed by atoms with Crippen molar-refractivity contribution >= 4 is 16.0 Å². The van der Waals surface area contributed by atoms with Crippen LogP contribution in [0, 0.1) is 13.8 Å². The molecule has 1 atom stereocenters. The molecule has 2 aromatic heterocycles. The smallest absolute Gasteiger partial charge is 0.475 e. The monoisotopic (exact) mass is 453 g/mol. The Hall–Kier alpha value is -2.45. The van der Waals surface area contributed by atoms with E-state index in [0.717, 1.165) is 35.8 Å². The highest BCUT2D eigenvalue weighted by Gasteiger charge is 2.38. The fraction of sp³-hybridized carbons (Fsp3) is 0.562. The van der Waals surface area contributed by atoms with Gasteiger partial charge in [-0.3, -0.25) is 9.58 Å². The maximum absolute atomic E-state index is 11.4. The molecule has 0 saturated heterocycles. The summed E-state index contributed by atoms with van der Waals surface area (Å²) in [5.74, 6) is -1.93. The predicted molar refractivity (Wildman–Crippen MR) is 97.9 cm³/mol. The maximum atomic E-state index is 11.4. The lowest BCUT2D eigenvalue weighted by Crippen LogP contribution is -2.42. The number of hydrogen-bond donors (Lipinski definition) is 2. The molecule has 0 aliphatic carbocycles. The number of rotatable bonds is 5. The fourth-order valence-corrected chi connectivity index (χ4v) is 3.43. The Balaban J connectivity index is 0.000000396. The summed E-state index contributed by atoms with van der Waals surface area (Å²) in [6.07, 6.45) is -2.16. The number of fused-ring (bicyclic) bond motifs is 1. The lowest BCUT2D eigenvalue weighted by molar-refractivity contribution is -0.192. The van der Waals surface area contributed by atoms with E-state index in [0.29, 0.717) is 13.1 Å². The number of sulfonamides is 1. The molecule has 0 amide bonds. The molecule has 1 unspecified atom stereocenters. The number of aromatic nitrogens is 3. The Bertz CT molecular complexity index is 966. The fourth-order valence-electron chi connectivity index (χ4n) is 2.93. The molecule has 10 nitrogen and oxygen atoms in total. The van der Waals surface area contributed by atoms with Gasteiger partial charge in [0.25, 0.3) is 0 Å². The van der Waals surface area contributed by atoms with Gasteiger partial charge in [-0.15, -0.1) is 0 Å². The van der Waals surface area contributed by atoms with Crippen LogP contribution < -0.4 is 4.72 Å². The summed E-state index contributed by atoms with van der Waals surface area (Å²) in [5.41, 5.74) is 3.06. The quantitative estimate of drug-likeness (QED) is 0.691. The molecule has 0 spiro atoms. The lowest BCUT2D eigenvalue weighted by Gasteiger charge is -2.33. The Kier molecular flexibility index (Phi) is 7.26. The summed E-state index contributed by atoms with van der Waals surface area (Å²) < 4.78 is 64.2. The van der Waals surface area contributed by atoms with Gasteiger partial charge >= 0.3 is 12.1 Å². The molecule has 0 aromatic carbocycles. The number of aliphatic carboxylic acids is 1. The van der Waals surface area contributed by atoms with Crippen molar-refractivity contribution in [1.29, 1.82) is 0 Å². The molecule has 30 heavy (non-hydrogen) atoms. The Labute approximate surface area is 170 Å². The van der Waals surface area contributed by atoms with Crippen LogP contribution in [0.4, 0.5) is 13.2 Å². The lowest BCUT2D eigenvalue weighted by atomic mass is 10.1. The van der Waals surface area contributed by atoms with Gasteiger partial charge in [0.2, 0.25) is 10.0 Å². The molecule has 0 fully saturated rings. The summed E-state index contributed by atoms with van der Waals surface area (Å²) >= 11 is 0. The standard InChI is InChI=1S/C14H21N5O3S.C2HF3O2/c1-10-14(11(2)22-17-10)9-18-7-12-4-5-15-19(12)13(8-18)6-16-23(3,20)21;3-2(4,5)1(6)7/h4-5,13,16H,6-9H2,1-3H3;(H,6,7). The second-order valence-electron chi connectivity index (χ2n) is 6.82. The molecule has 2 N–H and O–H groups in total. The van der Waals surface area contributed by atoms with Crippen molar-refractivity contribution < 1.29 is 36.0 Å². The van der Waals surface area contributed by atoms with Gasteiger partial charge in [0.05, 0.1) is 23.7 Å². The highest BCUT2D eigenvalue weighted by atomic mass is 32.2. The van der Waals surface area contributed by atoms with Gasteiger partial charge < -0.3 is 9.63 Å². The Morgan fingerprint density at radius 3 is 2.53 bits per heavy atom. The minimum Gasteiger partial charge on any atom is -0.475 e. The second kappa shape index (κ2) is 9.14. The highest BCUT2D eigenvalue weighted by molar-refractivity contribution is 7.88. The molecule has 14 heteroatoms. The summed E-state index contributed by atoms with van der Waals surface area (Å²) in [6.45, 7) is 6.36. The summed E-state index contributed by atoms with van der Waals surface area (Å²) in [4.78, 5) is 11.2. The van der Waals surface area contributed by atoms with Crippen molar-refractivity contribution in [3.8, 4) is 0 Å². The Morgan fingerprint density at radius 1 is 1.40 bits per heavy atom. The van der Waals surface area contributed by atoms with Crippen LogP contribution in [0.15, 0.2) is 16.8 Å². The first-order valence-electron chi connectivity index (χ1n) is 8.69. The van der Waals surface area contributed by atoms with E-state index in [4.69, 9.17) is 14.4 Å². The molecule has 0 radical (unpaired) electrons. The number of carboxylic acids is 1. The highest BCUT2D eigenvalue weighted by Crippen LogP contribution is 2.23. The molecule has 168 valence electrons. The molecule has 2 aromatic rings. The first kappa shape index (κ1) is 23.8. The van der Waals surface area contributed by atoms with Crippen molar-refractivity contribution in [2.45, 2.75) is 39.2 Å². The van der Waals surface area contributed by atoms with Crippen molar-refractivity contribution in [3.63, 3.8) is 0 Å². The molecule has 0 saturated carbocycles. The van der Waals surface area contributed by atoms with Crippen LogP contribution in [-0.2, 0) is 27.9 Å². The molecule has 3 rings (SSSR count). The zero-order valence-corrected chi connectivity index (χ0v) is 17.3. The molecule has 0 bridgehead atoms. The molecular formula is C16H22F3N5O5S. The Morgan fingerprint density at radius 2 is 2.03 bits per heavy atom. The summed E-state index contributed by atoms with van der Waals surface area (Å²) in [5, 5.41) is 15.4. The predicted octanol–water partition coefficient (Wildman–Crippen LogP) is 1.23. The van der Waals surface area contributed by atoms with E-state index in [-0.39, 0.29) is 6.04 Å². The van der Waals surface area contributed by atoms with Gasteiger partial charge in [-0.25, -0.2) is 17.9 Å². The second-order valence-corrected chi connectivity index (χ2v) is 8.65. The van der Waals surface area contributed by atoms with E-state index >= 15 is 0 Å². The van der Waals surface area contributed by atoms with Crippen LogP contribution in [-0.4, -0.2) is 64.9 Å². The first-order valence-corrected chi connectivity index (χ1v) is 10.6. The molecular weight excluding hydrogens is 431 g/mol. The van der Waals surface area contributed by atoms with Gasteiger partial charge in [0, 0.05) is 37.9 Å². The van der Waals surface area contributed by atoms with Crippen molar-refractivity contribution in [2.75, 3.05) is 19.3 Å². The van der Waals surface area contributed by atoms with Gasteiger partial charge in [0.1, 0.15) is 5.76 Å². The van der Waals surface area contributed by atoms with Crippen LogP contribution in [0.5, 0.6) is 0 Å². The number of halogens is 3. The van der Waals surface area contributed by atoms with Crippen LogP contribution in [0.1, 0.15) is 28.8 Å². The van der Waals surface area contributed by atoms with Crippen LogP contribution >= 0.6 is 0 Å². The number of nitrogens with one attached hydrogen (secondary N) is 1. The SMILES string of the molecule is Cc1noc(C)c1CN1Cc2ccnn2C(CNS(C)(=O)=O)C1.O=C(O)C(F)(F)F. The average molecular weight is 453 g/mol. The topological polar surface area (TPSA) is 131 Å². The maximum Gasteiger partial charge on any atom is 0.490 e. The summed E-state index contributed by atoms with van der Waals surface area (Å²) in [6, 6.07) is 1.93. The van der Waals surface area contributed by atoms with E-state index in [1.54, 1.807) is 6.20 Å². The molecule has 3 heterocycles. The van der Waals surface area contributed by atoms with Crippen LogP contribution in [0.2, 0.25) is 0 Å². The average Bonchev–Trinajstić information content (AvgIpc) is 3.20. The summed E-state index contributed by atoms with van der Waals surface area (Å²) in [7, 11) is -3.22. The number of carbonyl (C=O) groups is 1. The largest absolute Gasteiger partial charge is 0.490 e. The van der Waals surface area contributed by atoms with E-state index in [2.05, 4.69) is 19.9 Å². The zero-order valence-electron chi connectivity index (χ0n) is 16.5. The number of alkyl halides is 3. The third-order valence-corrected chi connectivity index (χ3v) is 5.03. The number of hydrogen-bond acceptors (Lipinski definition) is 7. The number of aryl methyl sites for hydroxylation is 2. The third-order valence-electron chi connectivity index (χ3n) is 4.34. The van der Waals surface area contributed by atoms with Gasteiger partial charge in [-0.2, -0.15) is 18.3 Å². The van der Waals surface area contributed by atoms with E-state index < -0.39 is 22.2 Å². The van der Waals surface area contributed by atoms with Crippen LogP contribution in [0.25, 0.3) is 0 Å². The molecule has 1 aliphatic rings. The number of nitrogens with zero attached hydrogens (tertiary/aromatic N) is 4. The zero-order chi connectivity index (χ0) is 22.7. The van der Waals surface area contributed by atoms with E-state index in [1.807, 2.05) is 24.6 Å². The van der Waals surface area contributed by atoms with Gasteiger partial charge in [-0.1, -0.05) is 5.16 Å². The van der Waals surface area contributed by atoms with Crippen molar-refractivity contribution in [3.05, 3.63) is 35.0 Å². The first-order chi connectivity index (χ1) is 13.8. The van der Waals surface area contributed by atoms with E-state index in [1.165, 1.54) is 6.26 Å². The third kappa shape index (κ3) is 6.53. The van der Waals surface area contributed by atoms with Crippen molar-refractivity contribution in [1.82, 2.24) is 24.6 Å². The molecule has 1 aliphatic heterocycles. The van der Waals surface area contributed by atoms with Crippen molar-refractivity contribution in [2.24, 2.45) is 0 Å². The van der Waals surface area contributed by atoms with E-state index in [9.17, 15) is 21.6 Å². The van der Waals surface area contributed by atoms with Crippen LogP contribution in [0.3, 0.4) is 0 Å². The van der Waals surface area contributed by atoms with Gasteiger partial charge in [-0.05, 0) is 19.9 Å². The normalized spacial score (nSPS) is 17.2.